The van der Waals surface area contributed by atoms with Crippen LogP contribution in [0.5, 0.6) is 0 Å². The van der Waals surface area contributed by atoms with Gasteiger partial charge in [0.15, 0.2) is 0 Å². The van der Waals surface area contributed by atoms with Crippen molar-refractivity contribution in [1.29, 1.82) is 0 Å². The molecule has 72 fully saturated rings. The average molecular weight is 1230 g/mol. The van der Waals surface area contributed by atoms with Gasteiger partial charge in [-0.1, -0.05) is 0 Å². The van der Waals surface area contributed by atoms with E-state index in [0.29, 0.717) is 0 Å². The maximum absolute atomic E-state index is 1.86. The van der Waals surface area contributed by atoms with Crippen LogP contribution in [-0.4, -0.2) is 0 Å². The van der Waals surface area contributed by atoms with Gasteiger partial charge in [-0.05, 0) is 559 Å². The van der Waals surface area contributed by atoms with Crippen molar-refractivity contribution < 1.29 is 0 Å². The molecule has 72 rings (SSSR count). The highest BCUT2D eigenvalue weighted by atomic mass is 15.8. The normalized spacial score (nSPS) is 144. The molecule has 448 valence electrons. The molecule has 0 nitrogen and oxygen atoms in total. The fourth-order valence-corrected chi connectivity index (χ4v) is 111. The Balaban J connectivity index is 0.0000000800. The lowest BCUT2D eigenvalue weighted by atomic mass is 8.32. The summed E-state index contributed by atoms with van der Waals surface area (Å²) in [5.41, 5.74) is 57.0. The maximum atomic E-state index is 1.86. The topological polar surface area (TPSA) is 0 Å². The van der Waals surface area contributed by atoms with Gasteiger partial charge >= 0.3 is 0 Å². The maximum Gasteiger partial charge on any atom is -0.0000498 e. The molecule has 0 saturated heterocycles. The summed E-state index contributed by atoms with van der Waals surface area (Å²) in [5, 5.41) is 0. The minimum Gasteiger partial charge on any atom is -0.0458 e. The van der Waals surface area contributed by atoms with Crippen LogP contribution in [-0.2, 0) is 0 Å². The Labute approximate surface area is 555 Å². The summed E-state index contributed by atoms with van der Waals surface area (Å²) < 4.78 is 0. The van der Waals surface area contributed by atoms with E-state index in [2.05, 4.69) is 0 Å². The van der Waals surface area contributed by atoms with E-state index in [1.54, 1.807) is 0 Å². The van der Waals surface area contributed by atoms with Crippen molar-refractivity contribution >= 4 is 0 Å². The zero-order valence-corrected chi connectivity index (χ0v) is 53.8. The number of hydrogen-bond acceptors (Lipinski definition) is 0. The Morgan fingerprint density at radius 3 is 0.296 bits per heavy atom. The summed E-state index contributed by atoms with van der Waals surface area (Å²) >= 11 is 0. The predicted molar refractivity (Wildman–Crippen MR) is 305 cm³/mol. The minimum absolute atomic E-state index is 1.11. The van der Waals surface area contributed by atoms with Gasteiger partial charge in [-0.2, -0.15) is 0 Å². The first kappa shape index (κ1) is 32.7. The summed E-state index contributed by atoms with van der Waals surface area (Å²) in [7, 11) is 0. The molecule has 0 bridgehead atoms. The first-order chi connectivity index (χ1) is 48.7. The lowest BCUT2D eigenvalue weighted by Gasteiger charge is -3.70. The molecule has 0 heterocycles. The molecular weight excluding hydrogens is 1180 g/mol. The largest absolute Gasteiger partial charge is 0.0458 e. The van der Waals surface area contributed by atoms with E-state index in [-0.39, 0.29) is 0 Å². The summed E-state index contributed by atoms with van der Waals surface area (Å²) in [6.45, 7) is 0. The van der Waals surface area contributed by atoms with Crippen molar-refractivity contribution in [2.45, 2.75) is 51.4 Å². The van der Waals surface area contributed by atoms with Gasteiger partial charge in [0.1, 0.15) is 0 Å². The molecule has 0 aromatic carbocycles. The van der Waals surface area contributed by atoms with Gasteiger partial charge in [-0.3, -0.25) is 0 Å². The van der Waals surface area contributed by atoms with E-state index < -0.39 is 0 Å². The Kier molecular flexibility index (Phi) is 1.63. The molecule has 0 aliphatic heterocycles. The van der Waals surface area contributed by atoms with Crippen molar-refractivity contribution in [1.82, 2.24) is 0 Å². The van der Waals surface area contributed by atoms with Crippen LogP contribution in [0.2, 0.25) is 0 Å². The quantitative estimate of drug-likeness (QED) is 0.228. The standard InChI is InChI=1S/2C49H28/c2*1-5-13-21-15-7-2-9-17-23-19-11-4-12-20-24-18-10-3-8-16-22-14-6(1)25(5)29(13)37(21)31(15)26(7,9)33(17)39(23)35(19)28(11,12)36(20)40(24)34(18)27(8,10)32(16)38(22)30(14,25)41(29)45(37)42(31,33)47(39)44(35,36)48(40)43(32,34)46(38,41)49(45,47)48/h2*5-24H,1-4H2. The molecular formula is C98H56. The summed E-state index contributed by atoms with van der Waals surface area (Å²) in [4.78, 5) is 0. The highest BCUT2D eigenvalue weighted by molar-refractivity contribution is 6.60. The highest BCUT2D eigenvalue weighted by Gasteiger charge is 3.76. The van der Waals surface area contributed by atoms with Crippen molar-refractivity contribution in [3.63, 3.8) is 0 Å². The molecule has 50 spiro atoms. The van der Waals surface area contributed by atoms with Crippen molar-refractivity contribution in [2.75, 3.05) is 0 Å². The molecule has 0 aromatic rings. The van der Waals surface area contributed by atoms with Crippen LogP contribution in [0.15, 0.2) is 0 Å². The van der Waals surface area contributed by atoms with E-state index in [1.165, 1.54) is 237 Å². The molecule has 48 atom stereocenters. The molecule has 0 heteroatoms. The van der Waals surface area contributed by atoms with Crippen LogP contribution in [0, 0.1) is 507 Å². The van der Waals surface area contributed by atoms with Crippen LogP contribution in [0.4, 0.5) is 0 Å². The Hall–Kier alpha value is 0. The number of hydrogen-bond donors (Lipinski definition) is 0. The van der Waals surface area contributed by atoms with E-state index in [9.17, 15) is 0 Å². The van der Waals surface area contributed by atoms with E-state index >= 15 is 0 Å². The van der Waals surface area contributed by atoms with Crippen LogP contribution in [0.3, 0.4) is 0 Å². The first-order valence-corrected chi connectivity index (χ1v) is 48.7. The van der Waals surface area contributed by atoms with Gasteiger partial charge in [-0.25, -0.2) is 0 Å². The molecule has 72 aliphatic carbocycles. The molecule has 48 unspecified atom stereocenters. The smallest absolute Gasteiger partial charge is 0.0000498 e. The van der Waals surface area contributed by atoms with Crippen molar-refractivity contribution in [2.24, 2.45) is 464 Å². The van der Waals surface area contributed by atoms with Crippen molar-refractivity contribution in [3.8, 4) is 0 Å². The van der Waals surface area contributed by atoms with Crippen LogP contribution >= 0.6 is 0 Å². The average Bonchev–Trinajstić information content (AvgIpc) is 0.420. The van der Waals surface area contributed by atoms with E-state index in [4.69, 9.17) is 0 Å². The fourth-order valence-electron chi connectivity index (χ4n) is 111. The number of rotatable bonds is 0. The molecule has 0 aromatic heterocycles. The minimum atomic E-state index is 1.11. The summed E-state index contributed by atoms with van der Waals surface area (Å²) in [5.74, 6) is 56.0. The lowest BCUT2D eigenvalue weighted by molar-refractivity contribution is -1.26. The molecule has 72 saturated carbocycles. The third-order valence-electron chi connectivity index (χ3n) is 86.6. The summed E-state index contributed by atoms with van der Waals surface area (Å²) in [6.07, 6.45) is 14.8. The zero-order valence-electron chi connectivity index (χ0n) is 53.8. The van der Waals surface area contributed by atoms with Gasteiger partial charge in [0.2, 0.25) is 0 Å². The highest BCUT2D eigenvalue weighted by Crippen LogP contribution is 3.79. The number of fused-ring (bicyclic) bond motifs is 32. The third-order valence-corrected chi connectivity index (χ3v) is 86.6. The zero-order chi connectivity index (χ0) is 53.8. The van der Waals surface area contributed by atoms with Crippen molar-refractivity contribution in [3.05, 3.63) is 43.3 Å². The molecule has 0 amide bonds. The van der Waals surface area contributed by atoms with Gasteiger partial charge in [0, 0.05) is 0 Å². The van der Waals surface area contributed by atoms with Crippen LogP contribution in [0.25, 0.3) is 0 Å². The monoisotopic (exact) mass is 1230 g/mol. The molecule has 98 heavy (non-hydrogen) atoms. The Bertz CT molecular complexity index is 5790. The van der Waals surface area contributed by atoms with Crippen LogP contribution in [0.1, 0.15) is 51.4 Å². The Morgan fingerprint density at radius 2 is 0.194 bits per heavy atom. The SMILES string of the molecule is C1C2C3C4C5C6CC7C8C9C%10C%11CC%12C%13C%14C%15C%16CC%17C%18C%19C%20C1C21C32C43C54C67C85C96C%107C%11%12C%138C%149C%15%10C%17%16C%18%11C%19%12C%201C21C32C45C63C78C94C%11%10C%121C234.C1C2C3C4C5C6CC7C8C9C%10C%11CC%12C%13C%14C%15C%16CC%17C%18C%19C%20C1C21C32C43C54C67C85C96C%107C%11%12C%138C%149C%15%10C%17%16C%18%11C%19%12C%201C21C32C45C63C78C94C%11%10C%121C234. The Morgan fingerprint density at radius 1 is 0.0918 bits per heavy atom. The van der Waals surface area contributed by atoms with Crippen LogP contribution < -0.4 is 0 Å². The van der Waals surface area contributed by atoms with E-state index in [0.717, 1.165) is 271 Å². The summed E-state index contributed by atoms with van der Waals surface area (Å²) in [6, 6.07) is 0. The second kappa shape index (κ2) is 4.88. The van der Waals surface area contributed by atoms with Gasteiger partial charge in [0.05, 0.1) is 0 Å². The van der Waals surface area contributed by atoms with E-state index in [1.807, 2.05) is 51.4 Å². The second-order valence-corrected chi connectivity index (χ2v) is 64.1. The second-order valence-electron chi connectivity index (χ2n) is 64.1. The van der Waals surface area contributed by atoms with Gasteiger partial charge in [-0.15, -0.1) is 0 Å². The first-order valence-electron chi connectivity index (χ1n) is 48.7. The fraction of sp³-hybridized carbons (Fsp3) is 1.00. The molecule has 0 radical (unpaired) electrons. The van der Waals surface area contributed by atoms with Gasteiger partial charge in [0.25, 0.3) is 0 Å². The lowest BCUT2D eigenvalue weighted by Crippen LogP contribution is -3.69. The predicted octanol–water partition coefficient (Wildman–Crippen LogP) is 8.69. The molecule has 0 N–H and O–H groups in total. The molecule has 72 aliphatic rings. The van der Waals surface area contributed by atoms with Gasteiger partial charge < -0.3 is 0 Å². The third kappa shape index (κ3) is 0.691.